The fourth-order valence-electron chi connectivity index (χ4n) is 7.20. The first-order chi connectivity index (χ1) is 21.4. The largest absolute Gasteiger partial charge is 0.469 e. The molecule has 1 aromatic carbocycles. The summed E-state index contributed by atoms with van der Waals surface area (Å²) in [5.41, 5.74) is -0.0250. The van der Waals surface area contributed by atoms with Crippen molar-refractivity contribution in [3.63, 3.8) is 0 Å². The van der Waals surface area contributed by atoms with Crippen LogP contribution in [0.4, 0.5) is 0 Å². The third kappa shape index (κ3) is 10.0. The molecule has 0 bridgehead atoms. The fourth-order valence-corrected chi connectivity index (χ4v) is 7.20. The van der Waals surface area contributed by atoms with E-state index in [0.29, 0.717) is 31.6 Å². The zero-order valence-electron chi connectivity index (χ0n) is 28.9. The highest BCUT2D eigenvalue weighted by Gasteiger charge is 2.44. The van der Waals surface area contributed by atoms with Gasteiger partial charge in [-0.25, -0.2) is 0 Å². The van der Waals surface area contributed by atoms with Crippen LogP contribution in [0.25, 0.3) is 0 Å². The zero-order valence-corrected chi connectivity index (χ0v) is 28.9. The number of benzene rings is 1. The molecule has 0 spiro atoms. The van der Waals surface area contributed by atoms with E-state index < -0.39 is 11.3 Å². The summed E-state index contributed by atoms with van der Waals surface area (Å²) >= 11 is 0. The number of esters is 2. The van der Waals surface area contributed by atoms with Gasteiger partial charge in [0, 0.05) is 32.1 Å². The lowest BCUT2D eigenvalue weighted by Crippen LogP contribution is -2.46. The summed E-state index contributed by atoms with van der Waals surface area (Å²) in [6, 6.07) is 7.29. The van der Waals surface area contributed by atoms with Crippen LogP contribution in [0.3, 0.4) is 0 Å². The van der Waals surface area contributed by atoms with Crippen LogP contribution in [0, 0.1) is 23.2 Å². The Morgan fingerprint density at radius 3 is 2.13 bits per heavy atom. The van der Waals surface area contributed by atoms with Crippen LogP contribution in [0.1, 0.15) is 124 Å². The molecule has 2 aliphatic rings. The monoisotopic (exact) mass is 626 g/mol. The van der Waals surface area contributed by atoms with E-state index in [0.717, 1.165) is 57.2 Å². The lowest BCUT2D eigenvalue weighted by molar-refractivity contribution is -0.157. The first-order valence-electron chi connectivity index (χ1n) is 17.4. The van der Waals surface area contributed by atoms with Crippen molar-refractivity contribution >= 4 is 23.8 Å². The molecule has 2 fully saturated rings. The summed E-state index contributed by atoms with van der Waals surface area (Å²) in [5, 5.41) is 0. The van der Waals surface area contributed by atoms with Crippen LogP contribution in [-0.2, 0) is 23.9 Å². The first kappa shape index (κ1) is 36.6. The molecule has 0 N–H and O–H groups in total. The van der Waals surface area contributed by atoms with Gasteiger partial charge in [-0.1, -0.05) is 59.6 Å². The molecule has 3 rings (SSSR count). The lowest BCUT2D eigenvalue weighted by Gasteiger charge is -2.39. The van der Waals surface area contributed by atoms with Crippen molar-refractivity contribution in [2.75, 3.05) is 26.7 Å². The molecule has 0 aromatic heterocycles. The summed E-state index contributed by atoms with van der Waals surface area (Å²) in [6.07, 6.45) is 8.69. The van der Waals surface area contributed by atoms with Gasteiger partial charge in [0.05, 0.1) is 24.4 Å². The topological polar surface area (TPSA) is 93.2 Å². The maximum atomic E-state index is 13.7. The number of ether oxygens (including phenoxy) is 2. The van der Waals surface area contributed by atoms with E-state index in [9.17, 15) is 19.2 Å². The summed E-state index contributed by atoms with van der Waals surface area (Å²) in [6.45, 7) is 14.6. The van der Waals surface area contributed by atoms with E-state index >= 15 is 0 Å². The van der Waals surface area contributed by atoms with E-state index in [1.165, 1.54) is 13.5 Å². The van der Waals surface area contributed by atoms with Crippen LogP contribution in [-0.4, -0.2) is 66.3 Å². The minimum absolute atomic E-state index is 0.122. The molecule has 8 heteroatoms. The van der Waals surface area contributed by atoms with Crippen LogP contribution in [0.5, 0.6) is 5.75 Å². The third-order valence-electron chi connectivity index (χ3n) is 9.72. The second-order valence-corrected chi connectivity index (χ2v) is 14.4. The molecule has 0 saturated carbocycles. The van der Waals surface area contributed by atoms with Crippen LogP contribution in [0.2, 0.25) is 0 Å². The molecular weight excluding hydrogens is 568 g/mol. The van der Waals surface area contributed by atoms with E-state index in [4.69, 9.17) is 9.47 Å². The highest BCUT2D eigenvalue weighted by Crippen LogP contribution is 2.39. The van der Waals surface area contributed by atoms with Crippen molar-refractivity contribution < 1.29 is 28.7 Å². The van der Waals surface area contributed by atoms with Gasteiger partial charge in [-0.3, -0.25) is 19.2 Å². The van der Waals surface area contributed by atoms with Crippen LogP contribution in [0.15, 0.2) is 24.3 Å². The normalized spacial score (nSPS) is 18.9. The van der Waals surface area contributed by atoms with E-state index in [1.807, 2.05) is 28.9 Å². The Kier molecular flexibility index (Phi) is 13.9. The number of piperidine rings is 1. The lowest BCUT2D eigenvalue weighted by atomic mass is 9.72. The van der Waals surface area contributed by atoms with Gasteiger partial charge < -0.3 is 19.3 Å². The molecule has 2 heterocycles. The van der Waals surface area contributed by atoms with Gasteiger partial charge in [-0.05, 0) is 87.8 Å². The van der Waals surface area contributed by atoms with Crippen LogP contribution < -0.4 is 4.74 Å². The molecule has 0 radical (unpaired) electrons. The Hall–Kier alpha value is -2.90. The third-order valence-corrected chi connectivity index (χ3v) is 9.72. The smallest absolute Gasteiger partial charge is 0.314 e. The molecular formula is C37H58N2O6. The standard InChI is InChI=1S/C37H58N2O6/c1-8-9-14-31(34(41)38-20-11-10-12-21-38)28-16-18-30(19-17-28)45-35(42)29(23-26(2)3)24-37(6,36(43)44-7)25-32(27(4)5)39-22-13-15-33(39)40/h16-19,26-27,29,31-32H,8-15,20-25H2,1-7H3/t29-,31?,32-,37-/m1/s1. The van der Waals surface area contributed by atoms with Crippen molar-refractivity contribution in [3.8, 4) is 5.75 Å². The Labute approximate surface area is 271 Å². The van der Waals surface area contributed by atoms with E-state index in [-0.39, 0.29) is 54.0 Å². The minimum Gasteiger partial charge on any atom is -0.469 e. The molecule has 4 atom stereocenters. The summed E-state index contributed by atoms with van der Waals surface area (Å²) in [4.78, 5) is 57.1. The maximum Gasteiger partial charge on any atom is 0.314 e. The summed E-state index contributed by atoms with van der Waals surface area (Å²) in [7, 11) is 1.38. The predicted octanol–water partition coefficient (Wildman–Crippen LogP) is 7.15. The quantitative estimate of drug-likeness (QED) is 0.143. The summed E-state index contributed by atoms with van der Waals surface area (Å²) in [5.74, 6) is -0.383. The van der Waals surface area contributed by atoms with Gasteiger partial charge >= 0.3 is 11.9 Å². The number of carbonyl (C=O) groups excluding carboxylic acids is 4. The molecule has 1 unspecified atom stereocenters. The molecule has 2 amide bonds. The number of unbranched alkanes of at least 4 members (excludes halogenated alkanes) is 1. The molecule has 8 nitrogen and oxygen atoms in total. The number of likely N-dealkylation sites (tertiary alicyclic amines) is 2. The zero-order chi connectivity index (χ0) is 33.1. The van der Waals surface area contributed by atoms with E-state index in [1.54, 1.807) is 12.1 Å². The van der Waals surface area contributed by atoms with Gasteiger partial charge in [-0.15, -0.1) is 0 Å². The van der Waals surface area contributed by atoms with Gasteiger partial charge in [-0.2, -0.15) is 0 Å². The first-order valence-corrected chi connectivity index (χ1v) is 17.4. The molecule has 0 aliphatic carbocycles. The van der Waals surface area contributed by atoms with Crippen molar-refractivity contribution in [1.29, 1.82) is 0 Å². The minimum atomic E-state index is -0.976. The highest BCUT2D eigenvalue weighted by atomic mass is 16.5. The summed E-state index contributed by atoms with van der Waals surface area (Å²) < 4.78 is 11.2. The predicted molar refractivity (Wildman–Crippen MR) is 177 cm³/mol. The Balaban J connectivity index is 1.79. The number of hydrogen-bond donors (Lipinski definition) is 0. The Morgan fingerprint density at radius 1 is 0.933 bits per heavy atom. The van der Waals surface area contributed by atoms with Crippen molar-refractivity contribution in [1.82, 2.24) is 9.80 Å². The van der Waals surface area contributed by atoms with Gasteiger partial charge in [0.15, 0.2) is 0 Å². The molecule has 45 heavy (non-hydrogen) atoms. The molecule has 2 saturated heterocycles. The van der Waals surface area contributed by atoms with Gasteiger partial charge in [0.1, 0.15) is 5.75 Å². The average molecular weight is 627 g/mol. The highest BCUT2D eigenvalue weighted by molar-refractivity contribution is 5.84. The Bertz CT molecular complexity index is 1130. The second-order valence-electron chi connectivity index (χ2n) is 14.4. The molecule has 1 aromatic rings. The number of rotatable bonds is 16. The average Bonchev–Trinajstić information content (AvgIpc) is 3.45. The van der Waals surface area contributed by atoms with Crippen LogP contribution >= 0.6 is 0 Å². The number of nitrogens with zero attached hydrogens (tertiary/aromatic N) is 2. The number of hydrogen-bond acceptors (Lipinski definition) is 6. The molecule has 2 aliphatic heterocycles. The van der Waals surface area contributed by atoms with Crippen molar-refractivity contribution in [3.05, 3.63) is 29.8 Å². The van der Waals surface area contributed by atoms with Gasteiger partial charge in [0.25, 0.3) is 0 Å². The second kappa shape index (κ2) is 17.1. The Morgan fingerprint density at radius 2 is 1.60 bits per heavy atom. The van der Waals surface area contributed by atoms with Gasteiger partial charge in [0.2, 0.25) is 11.8 Å². The number of carbonyl (C=O) groups is 4. The fraction of sp³-hybridized carbons (Fsp3) is 0.730. The van der Waals surface area contributed by atoms with Crippen molar-refractivity contribution in [2.45, 2.75) is 124 Å². The number of amides is 2. The maximum absolute atomic E-state index is 13.7. The number of methoxy groups -OCH3 is 1. The molecule has 252 valence electrons. The van der Waals surface area contributed by atoms with E-state index in [2.05, 4.69) is 34.6 Å². The SMILES string of the molecule is CCCCC(C(=O)N1CCCCC1)c1ccc(OC(=O)[C@H](CC(C)C)C[C@](C)(C[C@H](C(C)C)N2CCCC2=O)C(=O)OC)cc1. The van der Waals surface area contributed by atoms with Crippen molar-refractivity contribution in [2.24, 2.45) is 23.2 Å².